The summed E-state index contributed by atoms with van der Waals surface area (Å²) in [7, 11) is 0. The number of aromatic nitrogens is 1. The van der Waals surface area contributed by atoms with Crippen LogP contribution in [0.5, 0.6) is 0 Å². The molecule has 1 aromatic rings. The highest BCUT2D eigenvalue weighted by atomic mass is 16.4. The molecule has 120 valence electrons. The van der Waals surface area contributed by atoms with E-state index in [0.29, 0.717) is 18.8 Å². The molecule has 6 heteroatoms. The predicted octanol–water partition coefficient (Wildman–Crippen LogP) is 1.90. The summed E-state index contributed by atoms with van der Waals surface area (Å²) in [6.45, 7) is 4.95. The molecule has 0 aliphatic carbocycles. The average molecular weight is 305 g/mol. The van der Waals surface area contributed by atoms with E-state index in [-0.39, 0.29) is 11.8 Å². The van der Waals surface area contributed by atoms with Gasteiger partial charge in [-0.3, -0.25) is 14.5 Å². The molecule has 1 aliphatic rings. The van der Waals surface area contributed by atoms with Crippen LogP contribution >= 0.6 is 0 Å². The minimum atomic E-state index is -0.816. The number of aryl methyl sites for hydroxylation is 1. The molecule has 1 fully saturated rings. The maximum Gasteiger partial charge on any atom is 0.320 e. The Morgan fingerprint density at radius 2 is 2.27 bits per heavy atom. The monoisotopic (exact) mass is 305 g/mol. The number of anilines is 1. The number of nitrogens with one attached hydrogen (secondary N) is 1. The fourth-order valence-electron chi connectivity index (χ4n) is 2.93. The highest BCUT2D eigenvalue weighted by Gasteiger charge is 2.32. The van der Waals surface area contributed by atoms with Gasteiger partial charge in [0.25, 0.3) is 0 Å². The number of carbonyl (C=O) groups excluding carboxylic acids is 1. The summed E-state index contributed by atoms with van der Waals surface area (Å²) in [5, 5.41) is 12.1. The first-order valence-corrected chi connectivity index (χ1v) is 7.72. The normalized spacial score (nSPS) is 20.4. The van der Waals surface area contributed by atoms with Crippen LogP contribution < -0.4 is 5.32 Å². The number of hydrogen-bond donors (Lipinski definition) is 2. The topological polar surface area (TPSA) is 82.5 Å². The van der Waals surface area contributed by atoms with Crippen molar-refractivity contribution in [2.45, 2.75) is 39.2 Å². The Morgan fingerprint density at radius 3 is 2.91 bits per heavy atom. The number of rotatable bonds is 5. The largest absolute Gasteiger partial charge is 0.480 e. The molecule has 0 saturated carbocycles. The number of pyridine rings is 1. The molecule has 2 rings (SSSR count). The van der Waals surface area contributed by atoms with Gasteiger partial charge in [-0.25, -0.2) is 4.98 Å². The van der Waals surface area contributed by atoms with E-state index in [2.05, 4.69) is 10.3 Å². The number of likely N-dealkylation sites (tertiary alicyclic amines) is 1. The second-order valence-electron chi connectivity index (χ2n) is 5.75. The molecule has 0 bridgehead atoms. The molecule has 2 atom stereocenters. The van der Waals surface area contributed by atoms with Crippen LogP contribution in [0.1, 0.15) is 31.9 Å². The van der Waals surface area contributed by atoms with Gasteiger partial charge in [0.1, 0.15) is 11.9 Å². The zero-order valence-corrected chi connectivity index (χ0v) is 13.1. The molecular weight excluding hydrogens is 282 g/mol. The standard InChI is InChI=1S/C16H23N3O3/c1-3-13(16(21)22)19-9-5-7-12(10-19)15(20)18-14-8-4-6-11(2)17-14/h4,6,8,12-13H,3,5,7,9-10H2,1-2H3,(H,21,22)(H,17,18,20). The maximum atomic E-state index is 12.4. The highest BCUT2D eigenvalue weighted by Crippen LogP contribution is 2.21. The van der Waals surface area contributed by atoms with Crippen LogP contribution in [0.4, 0.5) is 5.82 Å². The molecule has 0 radical (unpaired) electrons. The van der Waals surface area contributed by atoms with Crippen molar-refractivity contribution >= 4 is 17.7 Å². The molecule has 2 unspecified atom stereocenters. The fourth-order valence-corrected chi connectivity index (χ4v) is 2.93. The SMILES string of the molecule is CCC(C(=O)O)N1CCCC(C(=O)Nc2cccc(C)n2)C1. The van der Waals surface area contributed by atoms with E-state index in [4.69, 9.17) is 0 Å². The number of amides is 1. The van der Waals surface area contributed by atoms with Gasteiger partial charge < -0.3 is 10.4 Å². The van der Waals surface area contributed by atoms with Gasteiger partial charge in [0.05, 0.1) is 5.92 Å². The molecule has 22 heavy (non-hydrogen) atoms. The molecule has 1 aliphatic heterocycles. The van der Waals surface area contributed by atoms with Crippen LogP contribution in [-0.2, 0) is 9.59 Å². The van der Waals surface area contributed by atoms with Crippen molar-refractivity contribution in [2.75, 3.05) is 18.4 Å². The summed E-state index contributed by atoms with van der Waals surface area (Å²) >= 11 is 0. The summed E-state index contributed by atoms with van der Waals surface area (Å²) in [5.41, 5.74) is 0.847. The van der Waals surface area contributed by atoms with Crippen LogP contribution in [0.2, 0.25) is 0 Å². The lowest BCUT2D eigenvalue weighted by atomic mass is 9.95. The van der Waals surface area contributed by atoms with Gasteiger partial charge in [0.15, 0.2) is 0 Å². The molecule has 1 aromatic heterocycles. The van der Waals surface area contributed by atoms with Crippen molar-refractivity contribution in [2.24, 2.45) is 5.92 Å². The maximum absolute atomic E-state index is 12.4. The highest BCUT2D eigenvalue weighted by molar-refractivity contribution is 5.92. The lowest BCUT2D eigenvalue weighted by molar-refractivity contribution is -0.145. The number of piperidine rings is 1. The van der Waals surface area contributed by atoms with Gasteiger partial charge in [-0.2, -0.15) is 0 Å². The van der Waals surface area contributed by atoms with Crippen molar-refractivity contribution in [3.8, 4) is 0 Å². The van der Waals surface area contributed by atoms with Crippen LogP contribution in [0.15, 0.2) is 18.2 Å². The molecule has 1 amide bonds. The Bertz CT molecular complexity index is 547. The Hall–Kier alpha value is -1.95. The van der Waals surface area contributed by atoms with E-state index in [9.17, 15) is 14.7 Å². The van der Waals surface area contributed by atoms with Gasteiger partial charge in [0.2, 0.25) is 5.91 Å². The van der Waals surface area contributed by atoms with Gasteiger partial charge >= 0.3 is 5.97 Å². The molecule has 2 heterocycles. The van der Waals surface area contributed by atoms with Gasteiger partial charge in [0, 0.05) is 12.2 Å². The van der Waals surface area contributed by atoms with Gasteiger partial charge in [-0.05, 0) is 44.9 Å². The zero-order chi connectivity index (χ0) is 16.1. The third-order valence-electron chi connectivity index (χ3n) is 4.08. The van der Waals surface area contributed by atoms with Crippen molar-refractivity contribution in [1.29, 1.82) is 0 Å². The zero-order valence-electron chi connectivity index (χ0n) is 13.1. The lowest BCUT2D eigenvalue weighted by Crippen LogP contribution is -2.48. The molecule has 0 aromatic carbocycles. The minimum Gasteiger partial charge on any atom is -0.480 e. The summed E-state index contributed by atoms with van der Waals surface area (Å²) in [6, 6.07) is 4.98. The summed E-state index contributed by atoms with van der Waals surface area (Å²) in [6.07, 6.45) is 2.16. The van der Waals surface area contributed by atoms with E-state index in [1.807, 2.05) is 30.9 Å². The predicted molar refractivity (Wildman–Crippen MR) is 83.6 cm³/mol. The third kappa shape index (κ3) is 4.04. The molecule has 2 N–H and O–H groups in total. The van der Waals surface area contributed by atoms with Crippen molar-refractivity contribution in [1.82, 2.24) is 9.88 Å². The summed E-state index contributed by atoms with van der Waals surface area (Å²) < 4.78 is 0. The lowest BCUT2D eigenvalue weighted by Gasteiger charge is -2.35. The first-order chi connectivity index (χ1) is 10.5. The Balaban J connectivity index is 1.99. The Morgan fingerprint density at radius 1 is 1.50 bits per heavy atom. The van der Waals surface area contributed by atoms with E-state index in [0.717, 1.165) is 25.1 Å². The first kappa shape index (κ1) is 16.4. The summed E-state index contributed by atoms with van der Waals surface area (Å²) in [5.74, 6) is -0.538. The number of aliphatic carboxylic acids is 1. The molecular formula is C16H23N3O3. The van der Waals surface area contributed by atoms with Crippen LogP contribution in [-0.4, -0.2) is 46.0 Å². The number of nitrogens with zero attached hydrogens (tertiary/aromatic N) is 2. The van der Waals surface area contributed by atoms with E-state index in [1.165, 1.54) is 0 Å². The van der Waals surface area contributed by atoms with Crippen molar-refractivity contribution in [3.05, 3.63) is 23.9 Å². The quantitative estimate of drug-likeness (QED) is 0.868. The number of carboxylic acids is 1. The average Bonchev–Trinajstić information content (AvgIpc) is 2.48. The van der Waals surface area contributed by atoms with Gasteiger partial charge in [-0.1, -0.05) is 13.0 Å². The number of carbonyl (C=O) groups is 2. The van der Waals surface area contributed by atoms with E-state index < -0.39 is 12.0 Å². The molecule has 1 saturated heterocycles. The number of carboxylic acid groups (broad SMARTS) is 1. The summed E-state index contributed by atoms with van der Waals surface area (Å²) in [4.78, 5) is 29.8. The van der Waals surface area contributed by atoms with Crippen molar-refractivity contribution < 1.29 is 14.7 Å². The smallest absolute Gasteiger partial charge is 0.320 e. The Kier molecular flexibility index (Phi) is 5.49. The van der Waals surface area contributed by atoms with Gasteiger partial charge in [-0.15, -0.1) is 0 Å². The van der Waals surface area contributed by atoms with Crippen LogP contribution in [0.25, 0.3) is 0 Å². The van der Waals surface area contributed by atoms with Crippen LogP contribution in [0, 0.1) is 12.8 Å². The minimum absolute atomic E-state index is 0.0805. The fraction of sp³-hybridized carbons (Fsp3) is 0.562. The Labute approximate surface area is 130 Å². The van der Waals surface area contributed by atoms with Crippen molar-refractivity contribution in [3.63, 3.8) is 0 Å². The second kappa shape index (κ2) is 7.35. The van der Waals surface area contributed by atoms with E-state index >= 15 is 0 Å². The number of hydrogen-bond acceptors (Lipinski definition) is 4. The third-order valence-corrected chi connectivity index (χ3v) is 4.08. The van der Waals surface area contributed by atoms with Crippen LogP contribution in [0.3, 0.4) is 0 Å². The van der Waals surface area contributed by atoms with E-state index in [1.54, 1.807) is 6.07 Å². The second-order valence-corrected chi connectivity index (χ2v) is 5.75. The first-order valence-electron chi connectivity index (χ1n) is 7.72. The molecule has 0 spiro atoms. The molecule has 6 nitrogen and oxygen atoms in total.